The van der Waals surface area contributed by atoms with E-state index in [1.165, 1.54) is 20.3 Å². The van der Waals surface area contributed by atoms with Gasteiger partial charge < -0.3 is 14.0 Å². The molecule has 172 valence electrons. The molecule has 1 aromatic carbocycles. The zero-order valence-corrected chi connectivity index (χ0v) is 20.6. The predicted octanol–water partition coefficient (Wildman–Crippen LogP) is 2.96. The number of amides is 3. The van der Waals surface area contributed by atoms with E-state index in [0.717, 1.165) is 4.90 Å². The van der Waals surface area contributed by atoms with Crippen LogP contribution in [0.2, 0.25) is 18.1 Å². The lowest BCUT2D eigenvalue weighted by Gasteiger charge is -2.59. The fourth-order valence-electron chi connectivity index (χ4n) is 4.12. The molecule has 0 spiro atoms. The summed E-state index contributed by atoms with van der Waals surface area (Å²) in [5, 5.41) is -0.160. The van der Waals surface area contributed by atoms with Crippen molar-refractivity contribution < 1.29 is 28.7 Å². The number of carbonyl (C=O) groups excluding carboxylic acids is 4. The van der Waals surface area contributed by atoms with Crippen LogP contribution in [0.5, 0.6) is 0 Å². The van der Waals surface area contributed by atoms with Gasteiger partial charge >= 0.3 is 5.97 Å². The highest BCUT2D eigenvalue weighted by atomic mass is 28.3. The molecule has 2 atom stereocenters. The van der Waals surface area contributed by atoms with Gasteiger partial charge in [0.05, 0.1) is 37.5 Å². The van der Waals surface area contributed by atoms with Gasteiger partial charge in [0, 0.05) is 6.42 Å². The lowest BCUT2D eigenvalue weighted by atomic mass is 9.92. The fraction of sp³-hybridized carbons (Fsp3) is 0.478. The van der Waals surface area contributed by atoms with E-state index >= 15 is 0 Å². The first kappa shape index (κ1) is 23.7. The summed E-state index contributed by atoms with van der Waals surface area (Å²) in [5.74, 6) is -1.45. The van der Waals surface area contributed by atoms with Crippen LogP contribution in [0.25, 0.3) is 0 Å². The van der Waals surface area contributed by atoms with E-state index in [9.17, 15) is 19.2 Å². The Morgan fingerprint density at radius 2 is 1.56 bits per heavy atom. The van der Waals surface area contributed by atoms with Crippen molar-refractivity contribution in [2.75, 3.05) is 14.2 Å². The molecule has 0 N–H and O–H groups in total. The normalized spacial score (nSPS) is 21.5. The Morgan fingerprint density at radius 3 is 2.00 bits per heavy atom. The van der Waals surface area contributed by atoms with Crippen molar-refractivity contribution in [1.29, 1.82) is 0 Å². The van der Waals surface area contributed by atoms with Gasteiger partial charge in [0.15, 0.2) is 8.24 Å². The topological polar surface area (TPSA) is 93.2 Å². The zero-order chi connectivity index (χ0) is 24.0. The number of fused-ring (bicyclic) bond motifs is 1. The number of β-lactam (4-membered cyclic amide) rings is 1. The number of hydrogen-bond acceptors (Lipinski definition) is 6. The summed E-state index contributed by atoms with van der Waals surface area (Å²) in [6.07, 6.45) is 1.41. The van der Waals surface area contributed by atoms with Crippen molar-refractivity contribution in [2.45, 2.75) is 57.4 Å². The molecule has 0 saturated carbocycles. The van der Waals surface area contributed by atoms with Crippen LogP contribution in [0.4, 0.5) is 0 Å². The van der Waals surface area contributed by atoms with Crippen molar-refractivity contribution in [3.63, 3.8) is 0 Å². The Kier molecular flexibility index (Phi) is 6.07. The number of nitrogens with zero attached hydrogens (tertiary/aromatic N) is 2. The number of benzene rings is 1. The number of carbonyl (C=O) groups is 4. The lowest BCUT2D eigenvalue weighted by molar-refractivity contribution is -0.147. The van der Waals surface area contributed by atoms with Crippen molar-refractivity contribution in [1.82, 2.24) is 9.47 Å². The SMILES string of the molecule is COC(=O)/C=C(/C[C@@H]1[C@@H](N2C(=O)c3ccccc3C2=O)C(=O)N1[Si](C)(C)C(C)(C)C)OC. The van der Waals surface area contributed by atoms with Gasteiger partial charge in [-0.15, -0.1) is 0 Å². The minimum atomic E-state index is -2.36. The molecule has 1 saturated heterocycles. The molecule has 2 aliphatic rings. The first-order valence-electron chi connectivity index (χ1n) is 10.5. The van der Waals surface area contributed by atoms with Gasteiger partial charge in [0.25, 0.3) is 11.8 Å². The van der Waals surface area contributed by atoms with Crippen LogP contribution < -0.4 is 0 Å². The molecule has 0 radical (unpaired) electrons. The third-order valence-electron chi connectivity index (χ3n) is 6.88. The second kappa shape index (κ2) is 8.20. The van der Waals surface area contributed by atoms with Gasteiger partial charge in [-0.3, -0.25) is 19.3 Å². The van der Waals surface area contributed by atoms with E-state index in [1.807, 2.05) is 4.57 Å². The van der Waals surface area contributed by atoms with E-state index in [0.29, 0.717) is 16.9 Å². The molecule has 0 aliphatic carbocycles. The maximum atomic E-state index is 13.5. The van der Waals surface area contributed by atoms with Crippen LogP contribution in [-0.2, 0) is 19.1 Å². The molecule has 9 heteroatoms. The monoisotopic (exact) mass is 458 g/mol. The molecule has 0 aromatic heterocycles. The summed E-state index contributed by atoms with van der Waals surface area (Å²) in [6, 6.07) is 5.12. The molecule has 3 amide bonds. The Morgan fingerprint density at radius 1 is 1.03 bits per heavy atom. The van der Waals surface area contributed by atoms with Gasteiger partial charge in [0.1, 0.15) is 11.8 Å². The van der Waals surface area contributed by atoms with E-state index < -0.39 is 38.1 Å². The second-order valence-electron chi connectivity index (χ2n) is 9.60. The maximum Gasteiger partial charge on any atom is 0.333 e. The molecule has 1 fully saturated rings. The van der Waals surface area contributed by atoms with Gasteiger partial charge in [-0.2, -0.15) is 0 Å². The number of rotatable bonds is 6. The standard InChI is InChI=1S/C23H30N2O6Si/c1-23(2,3)32(6,7)25-17(12-14(30-4)13-18(26)31-5)19(22(25)29)24-20(27)15-10-8-9-11-16(15)21(24)28/h8-11,13,17,19H,12H2,1-7H3/b14-13-/t17-,19-/m1/s1. The van der Waals surface area contributed by atoms with Crippen LogP contribution in [0, 0.1) is 0 Å². The maximum absolute atomic E-state index is 13.5. The smallest absolute Gasteiger partial charge is 0.333 e. The Labute approximate surface area is 189 Å². The molecular formula is C23H30N2O6Si. The number of methoxy groups -OCH3 is 2. The average Bonchev–Trinajstić information content (AvgIpc) is 2.97. The number of ether oxygens (including phenoxy) is 2. The first-order valence-corrected chi connectivity index (χ1v) is 13.4. The lowest BCUT2D eigenvalue weighted by Crippen LogP contribution is -2.79. The molecule has 2 aliphatic heterocycles. The summed E-state index contributed by atoms with van der Waals surface area (Å²) in [6.45, 7) is 10.4. The quantitative estimate of drug-likeness (QED) is 0.162. The highest BCUT2D eigenvalue weighted by molar-refractivity contribution is 6.80. The highest BCUT2D eigenvalue weighted by Gasteiger charge is 2.62. The summed E-state index contributed by atoms with van der Waals surface area (Å²) in [5.41, 5.74) is 0.596. The van der Waals surface area contributed by atoms with Gasteiger partial charge in [0.2, 0.25) is 5.91 Å². The molecule has 0 bridgehead atoms. The van der Waals surface area contributed by atoms with Crippen LogP contribution in [0.1, 0.15) is 47.9 Å². The van der Waals surface area contributed by atoms with E-state index in [4.69, 9.17) is 9.47 Å². The van der Waals surface area contributed by atoms with Gasteiger partial charge in [-0.25, -0.2) is 4.79 Å². The molecule has 3 rings (SSSR count). The fourth-order valence-corrected chi connectivity index (χ4v) is 6.59. The molecule has 2 heterocycles. The molecular weight excluding hydrogens is 428 g/mol. The summed E-state index contributed by atoms with van der Waals surface area (Å²) in [4.78, 5) is 52.6. The van der Waals surface area contributed by atoms with Crippen molar-refractivity contribution >= 4 is 31.9 Å². The Balaban J connectivity index is 2.03. The minimum absolute atomic E-state index is 0.160. The van der Waals surface area contributed by atoms with Crippen LogP contribution in [0.3, 0.4) is 0 Å². The van der Waals surface area contributed by atoms with Crippen LogP contribution >= 0.6 is 0 Å². The van der Waals surface area contributed by atoms with Gasteiger partial charge in [-0.05, 0) is 17.2 Å². The molecule has 0 unspecified atom stereocenters. The van der Waals surface area contributed by atoms with Crippen LogP contribution in [-0.4, -0.2) is 67.7 Å². The third-order valence-corrected chi connectivity index (χ3v) is 12.3. The summed E-state index contributed by atoms with van der Waals surface area (Å²) < 4.78 is 11.9. The molecule has 1 aromatic rings. The van der Waals surface area contributed by atoms with Crippen molar-refractivity contribution in [3.05, 3.63) is 47.2 Å². The number of esters is 1. The third kappa shape index (κ3) is 3.64. The van der Waals surface area contributed by atoms with E-state index in [1.54, 1.807) is 24.3 Å². The summed E-state index contributed by atoms with van der Waals surface area (Å²) >= 11 is 0. The minimum Gasteiger partial charge on any atom is -0.501 e. The van der Waals surface area contributed by atoms with Gasteiger partial charge in [-0.1, -0.05) is 46.0 Å². The average molecular weight is 459 g/mol. The first-order chi connectivity index (χ1) is 14.9. The largest absolute Gasteiger partial charge is 0.501 e. The number of hydrogen-bond donors (Lipinski definition) is 0. The van der Waals surface area contributed by atoms with Crippen LogP contribution in [0.15, 0.2) is 36.1 Å². The summed E-state index contributed by atoms with van der Waals surface area (Å²) in [7, 11) is 0.343. The number of imide groups is 1. The van der Waals surface area contributed by atoms with E-state index in [-0.39, 0.29) is 17.4 Å². The predicted molar refractivity (Wildman–Crippen MR) is 120 cm³/mol. The zero-order valence-electron chi connectivity index (χ0n) is 19.6. The van der Waals surface area contributed by atoms with E-state index in [2.05, 4.69) is 33.9 Å². The second-order valence-corrected chi connectivity index (χ2v) is 14.7. The Hall–Kier alpha value is -2.94. The molecule has 32 heavy (non-hydrogen) atoms. The van der Waals surface area contributed by atoms with Crippen molar-refractivity contribution in [3.8, 4) is 0 Å². The highest BCUT2D eigenvalue weighted by Crippen LogP contribution is 2.46. The Bertz CT molecular complexity index is 975. The molecule has 8 nitrogen and oxygen atoms in total. The van der Waals surface area contributed by atoms with Crippen molar-refractivity contribution in [2.24, 2.45) is 0 Å².